The number of rotatable bonds is 3. The molecule has 0 bridgehead atoms. The van der Waals surface area contributed by atoms with Gasteiger partial charge < -0.3 is 5.32 Å². The lowest BCUT2D eigenvalue weighted by atomic mass is 10.1. The molecule has 0 aliphatic carbocycles. The van der Waals surface area contributed by atoms with Crippen molar-refractivity contribution in [3.8, 4) is 0 Å². The summed E-state index contributed by atoms with van der Waals surface area (Å²) in [4.78, 5) is 4.21. The van der Waals surface area contributed by atoms with Gasteiger partial charge in [-0.2, -0.15) is 5.10 Å². The molecule has 4 heteroatoms. The van der Waals surface area contributed by atoms with Gasteiger partial charge in [-0.15, -0.1) is 0 Å². The third-order valence-electron chi connectivity index (χ3n) is 2.72. The number of hydrogen-bond acceptors (Lipinski definition) is 3. The minimum atomic E-state index is 0.537. The van der Waals surface area contributed by atoms with Gasteiger partial charge in [0, 0.05) is 19.0 Å². The first kappa shape index (κ1) is 10.4. The molecule has 1 aliphatic heterocycles. The second-order valence-electron chi connectivity index (χ2n) is 4.28. The quantitative estimate of drug-likeness (QED) is 0.754. The smallest absolute Gasteiger partial charge is 0.138 e. The van der Waals surface area contributed by atoms with E-state index in [1.165, 1.54) is 5.57 Å². The highest BCUT2D eigenvalue weighted by atomic mass is 15.3. The van der Waals surface area contributed by atoms with Crippen molar-refractivity contribution in [3.63, 3.8) is 0 Å². The van der Waals surface area contributed by atoms with Crippen LogP contribution in [-0.4, -0.2) is 27.4 Å². The predicted molar refractivity (Wildman–Crippen MR) is 59.6 cm³/mol. The predicted octanol–water partition coefficient (Wildman–Crippen LogP) is 1.15. The van der Waals surface area contributed by atoms with E-state index in [1.54, 1.807) is 6.33 Å². The van der Waals surface area contributed by atoms with Crippen molar-refractivity contribution < 1.29 is 0 Å². The maximum Gasteiger partial charge on any atom is 0.138 e. The van der Waals surface area contributed by atoms with Gasteiger partial charge in [-0.05, 0) is 20.3 Å². The van der Waals surface area contributed by atoms with Crippen molar-refractivity contribution in [2.45, 2.75) is 39.3 Å². The first-order valence-electron chi connectivity index (χ1n) is 5.49. The summed E-state index contributed by atoms with van der Waals surface area (Å²) in [6, 6.07) is 0.537. The Morgan fingerprint density at radius 2 is 2.53 bits per heavy atom. The van der Waals surface area contributed by atoms with Gasteiger partial charge in [-0.1, -0.05) is 11.6 Å². The first-order valence-corrected chi connectivity index (χ1v) is 5.49. The Bertz CT molecular complexity index is 349. The van der Waals surface area contributed by atoms with Crippen LogP contribution in [0.15, 0.2) is 18.0 Å². The van der Waals surface area contributed by atoms with Gasteiger partial charge in [0.25, 0.3) is 0 Å². The zero-order chi connectivity index (χ0) is 10.7. The molecule has 1 atom stereocenters. The van der Waals surface area contributed by atoms with Crippen LogP contribution < -0.4 is 5.32 Å². The van der Waals surface area contributed by atoms with Crippen molar-refractivity contribution in [2.75, 3.05) is 6.54 Å². The van der Waals surface area contributed by atoms with Gasteiger partial charge in [0.2, 0.25) is 0 Å². The Morgan fingerprint density at radius 3 is 3.33 bits per heavy atom. The summed E-state index contributed by atoms with van der Waals surface area (Å²) in [7, 11) is 0. The number of hydrogen-bond donors (Lipinski definition) is 1. The van der Waals surface area contributed by atoms with Crippen LogP contribution in [0, 0.1) is 0 Å². The van der Waals surface area contributed by atoms with Gasteiger partial charge in [0.05, 0.1) is 6.54 Å². The summed E-state index contributed by atoms with van der Waals surface area (Å²) in [5.41, 5.74) is 1.36. The molecule has 1 aromatic heterocycles. The number of fused-ring (bicyclic) bond motifs is 1. The Balaban J connectivity index is 1.85. The molecule has 0 saturated heterocycles. The minimum Gasteiger partial charge on any atom is -0.309 e. The highest BCUT2D eigenvalue weighted by Gasteiger charge is 2.18. The Hall–Kier alpha value is -1.16. The van der Waals surface area contributed by atoms with Crippen LogP contribution in [0.1, 0.15) is 26.1 Å². The molecule has 0 fully saturated rings. The monoisotopic (exact) mass is 206 g/mol. The van der Waals surface area contributed by atoms with Crippen LogP contribution in [0.25, 0.3) is 0 Å². The van der Waals surface area contributed by atoms with Crippen LogP contribution in [0.3, 0.4) is 0 Å². The molecular weight excluding hydrogens is 188 g/mol. The zero-order valence-electron chi connectivity index (χ0n) is 9.40. The number of allylic oxidation sites excluding steroid dienone is 1. The lowest BCUT2D eigenvalue weighted by Crippen LogP contribution is -2.37. The highest BCUT2D eigenvalue weighted by Crippen LogP contribution is 2.10. The van der Waals surface area contributed by atoms with E-state index in [0.29, 0.717) is 6.04 Å². The number of aromatic nitrogens is 3. The highest BCUT2D eigenvalue weighted by molar-refractivity contribution is 4.96. The molecule has 1 unspecified atom stereocenters. The number of aryl methyl sites for hydroxylation is 1. The molecular formula is C11H18N4. The molecule has 1 N–H and O–H groups in total. The Labute approximate surface area is 90.4 Å². The van der Waals surface area contributed by atoms with E-state index >= 15 is 0 Å². The molecule has 1 aromatic rings. The maximum absolute atomic E-state index is 4.21. The molecule has 0 aromatic carbocycles. The minimum absolute atomic E-state index is 0.537. The van der Waals surface area contributed by atoms with Crippen molar-refractivity contribution in [1.29, 1.82) is 0 Å². The van der Waals surface area contributed by atoms with Crippen LogP contribution in [-0.2, 0) is 13.0 Å². The molecule has 2 rings (SSSR count). The lowest BCUT2D eigenvalue weighted by molar-refractivity contribution is 0.369. The first-order chi connectivity index (χ1) is 7.25. The van der Waals surface area contributed by atoms with E-state index in [-0.39, 0.29) is 0 Å². The van der Waals surface area contributed by atoms with Gasteiger partial charge >= 0.3 is 0 Å². The van der Waals surface area contributed by atoms with Crippen LogP contribution in [0.4, 0.5) is 0 Å². The van der Waals surface area contributed by atoms with Gasteiger partial charge in [-0.25, -0.2) is 9.67 Å². The molecule has 15 heavy (non-hydrogen) atoms. The fourth-order valence-electron chi connectivity index (χ4n) is 1.83. The molecule has 0 amide bonds. The molecule has 4 nitrogen and oxygen atoms in total. The number of nitrogens with zero attached hydrogens (tertiary/aromatic N) is 3. The van der Waals surface area contributed by atoms with Gasteiger partial charge in [0.15, 0.2) is 0 Å². The van der Waals surface area contributed by atoms with Crippen molar-refractivity contribution in [2.24, 2.45) is 0 Å². The topological polar surface area (TPSA) is 42.7 Å². The summed E-state index contributed by atoms with van der Waals surface area (Å²) in [6.07, 6.45) is 6.06. The van der Waals surface area contributed by atoms with Crippen molar-refractivity contribution >= 4 is 0 Å². The summed E-state index contributed by atoms with van der Waals surface area (Å²) in [5, 5.41) is 7.72. The second kappa shape index (κ2) is 4.57. The zero-order valence-corrected chi connectivity index (χ0v) is 9.40. The third-order valence-corrected chi connectivity index (χ3v) is 2.72. The fraction of sp³-hybridized carbons (Fsp3) is 0.636. The third kappa shape index (κ3) is 2.65. The SMILES string of the molecule is CC(C)=CCNC1CCc2ncnn2C1. The van der Waals surface area contributed by atoms with E-state index in [1.807, 2.05) is 4.68 Å². The lowest BCUT2D eigenvalue weighted by Gasteiger charge is -2.23. The average Bonchev–Trinajstić information content (AvgIpc) is 2.64. The van der Waals surface area contributed by atoms with E-state index in [4.69, 9.17) is 0 Å². The van der Waals surface area contributed by atoms with Crippen molar-refractivity contribution in [1.82, 2.24) is 20.1 Å². The average molecular weight is 206 g/mol. The van der Waals surface area contributed by atoms with E-state index in [2.05, 4.69) is 35.3 Å². The van der Waals surface area contributed by atoms with Crippen LogP contribution in [0.5, 0.6) is 0 Å². The second-order valence-corrected chi connectivity index (χ2v) is 4.28. The largest absolute Gasteiger partial charge is 0.309 e. The Kier molecular flexibility index (Phi) is 3.16. The molecule has 82 valence electrons. The van der Waals surface area contributed by atoms with E-state index < -0.39 is 0 Å². The van der Waals surface area contributed by atoms with E-state index in [0.717, 1.165) is 31.8 Å². The number of nitrogens with one attached hydrogen (secondary N) is 1. The van der Waals surface area contributed by atoms with Crippen LogP contribution in [0.2, 0.25) is 0 Å². The molecule has 1 aliphatic rings. The van der Waals surface area contributed by atoms with Gasteiger partial charge in [0.1, 0.15) is 12.2 Å². The summed E-state index contributed by atoms with van der Waals surface area (Å²) < 4.78 is 2.00. The molecule has 0 saturated carbocycles. The van der Waals surface area contributed by atoms with E-state index in [9.17, 15) is 0 Å². The molecule has 2 heterocycles. The summed E-state index contributed by atoms with van der Waals surface area (Å²) >= 11 is 0. The van der Waals surface area contributed by atoms with Crippen molar-refractivity contribution in [3.05, 3.63) is 23.8 Å². The molecule has 0 radical (unpaired) electrons. The maximum atomic E-state index is 4.21. The van der Waals surface area contributed by atoms with Gasteiger partial charge in [-0.3, -0.25) is 0 Å². The fourth-order valence-corrected chi connectivity index (χ4v) is 1.83. The standard InChI is InChI=1S/C11H18N4/c1-9(2)5-6-12-10-3-4-11-13-8-14-15(11)7-10/h5,8,10,12H,3-4,6-7H2,1-2H3. The summed E-state index contributed by atoms with van der Waals surface area (Å²) in [5.74, 6) is 1.12. The Morgan fingerprint density at radius 1 is 1.67 bits per heavy atom. The normalized spacial score (nSPS) is 19.7. The summed E-state index contributed by atoms with van der Waals surface area (Å²) in [6.45, 7) is 6.15. The molecule has 0 spiro atoms. The van der Waals surface area contributed by atoms with Crippen LogP contribution >= 0.6 is 0 Å².